The highest BCUT2D eigenvalue weighted by atomic mass is 32.1. The zero-order valence-corrected chi connectivity index (χ0v) is 12.4. The minimum Gasteiger partial charge on any atom is -0.340 e. The van der Waals surface area contributed by atoms with E-state index in [1.54, 1.807) is 22.4 Å². The predicted molar refractivity (Wildman–Crippen MR) is 76.5 cm³/mol. The third-order valence-electron chi connectivity index (χ3n) is 4.23. The summed E-state index contributed by atoms with van der Waals surface area (Å²) in [6.07, 6.45) is 5.36. The van der Waals surface area contributed by atoms with Gasteiger partial charge in [0.1, 0.15) is 5.54 Å². The van der Waals surface area contributed by atoms with E-state index in [0.29, 0.717) is 6.54 Å². The van der Waals surface area contributed by atoms with Gasteiger partial charge in [0.05, 0.1) is 11.6 Å². The molecule has 1 saturated heterocycles. The first-order valence-corrected chi connectivity index (χ1v) is 7.98. The molecule has 0 aromatic carbocycles. The first-order chi connectivity index (χ1) is 9.61. The number of piperazine rings is 1. The number of carbonyl (C=O) groups excluding carboxylic acids is 2. The highest BCUT2D eigenvalue weighted by Gasteiger charge is 2.48. The second kappa shape index (κ2) is 5.16. The van der Waals surface area contributed by atoms with Crippen LogP contribution < -0.4 is 5.32 Å². The van der Waals surface area contributed by atoms with E-state index in [-0.39, 0.29) is 24.3 Å². The van der Waals surface area contributed by atoms with E-state index < -0.39 is 5.54 Å². The summed E-state index contributed by atoms with van der Waals surface area (Å²) >= 11 is 1.60. The molecule has 0 radical (unpaired) electrons. The maximum Gasteiger partial charge on any atom is 0.248 e. The largest absolute Gasteiger partial charge is 0.340 e. The molecule has 1 atom stereocenters. The van der Waals surface area contributed by atoms with E-state index in [4.69, 9.17) is 0 Å². The standard InChI is InChI=1S/C14H19N3O2S/c1-10(12-15-6-7-20-12)8-17-9-11(18)16-14(13(17)19)4-2-3-5-14/h6-7,10H,2-5,8-9H2,1H3,(H,16,18). The van der Waals surface area contributed by atoms with Crippen molar-refractivity contribution in [2.45, 2.75) is 44.1 Å². The molecule has 1 unspecified atom stereocenters. The Labute approximate surface area is 122 Å². The molecule has 1 N–H and O–H groups in total. The van der Waals surface area contributed by atoms with Gasteiger partial charge in [-0.3, -0.25) is 9.59 Å². The predicted octanol–water partition coefficient (Wildman–Crippen LogP) is 1.52. The van der Waals surface area contributed by atoms with Gasteiger partial charge in [-0.15, -0.1) is 11.3 Å². The van der Waals surface area contributed by atoms with Crippen LogP contribution in [0.5, 0.6) is 0 Å². The quantitative estimate of drug-likeness (QED) is 0.919. The highest BCUT2D eigenvalue weighted by Crippen LogP contribution is 2.34. The Morgan fingerprint density at radius 3 is 2.85 bits per heavy atom. The van der Waals surface area contributed by atoms with Crippen LogP contribution in [0.15, 0.2) is 11.6 Å². The molecule has 3 rings (SSSR count). The molecule has 2 fully saturated rings. The lowest BCUT2D eigenvalue weighted by Gasteiger charge is -2.40. The molecule has 20 heavy (non-hydrogen) atoms. The SMILES string of the molecule is CC(CN1CC(=O)NC2(CCCC2)C1=O)c1nccs1. The zero-order valence-electron chi connectivity index (χ0n) is 11.6. The van der Waals surface area contributed by atoms with Gasteiger partial charge in [0, 0.05) is 24.0 Å². The average molecular weight is 293 g/mol. The van der Waals surface area contributed by atoms with E-state index in [2.05, 4.69) is 17.2 Å². The van der Waals surface area contributed by atoms with Crippen molar-refractivity contribution >= 4 is 23.2 Å². The zero-order chi connectivity index (χ0) is 14.2. The number of nitrogens with zero attached hydrogens (tertiary/aromatic N) is 2. The number of thiazole rings is 1. The Morgan fingerprint density at radius 1 is 1.45 bits per heavy atom. The minimum absolute atomic E-state index is 0.0298. The number of hydrogen-bond acceptors (Lipinski definition) is 4. The minimum atomic E-state index is -0.613. The van der Waals surface area contributed by atoms with Gasteiger partial charge in [0.2, 0.25) is 11.8 Å². The molecule has 1 aromatic heterocycles. The number of aromatic nitrogens is 1. The Bertz CT molecular complexity index is 508. The Kier molecular flexibility index (Phi) is 3.50. The summed E-state index contributed by atoms with van der Waals surface area (Å²) in [6.45, 7) is 2.80. The first kappa shape index (κ1) is 13.5. The Hall–Kier alpha value is -1.43. The van der Waals surface area contributed by atoms with E-state index >= 15 is 0 Å². The summed E-state index contributed by atoms with van der Waals surface area (Å²) in [7, 11) is 0. The number of amides is 2. The lowest BCUT2D eigenvalue weighted by molar-refractivity contribution is -0.149. The van der Waals surface area contributed by atoms with Crippen LogP contribution in [0.25, 0.3) is 0 Å². The number of rotatable bonds is 3. The Morgan fingerprint density at radius 2 is 2.20 bits per heavy atom. The van der Waals surface area contributed by atoms with E-state index in [0.717, 1.165) is 30.7 Å². The fourth-order valence-corrected chi connectivity index (χ4v) is 3.95. The van der Waals surface area contributed by atoms with Gasteiger partial charge in [-0.1, -0.05) is 19.8 Å². The van der Waals surface area contributed by atoms with Crippen LogP contribution in [0.1, 0.15) is 43.5 Å². The summed E-state index contributed by atoms with van der Waals surface area (Å²) in [4.78, 5) is 30.6. The van der Waals surface area contributed by atoms with E-state index in [1.165, 1.54) is 0 Å². The van der Waals surface area contributed by atoms with E-state index in [1.807, 2.05) is 5.38 Å². The second-order valence-electron chi connectivity index (χ2n) is 5.79. The van der Waals surface area contributed by atoms with Crippen molar-refractivity contribution in [3.05, 3.63) is 16.6 Å². The maximum atomic E-state index is 12.7. The molecule has 6 heteroatoms. The fraction of sp³-hybridized carbons (Fsp3) is 0.643. The summed E-state index contributed by atoms with van der Waals surface area (Å²) in [5, 5.41) is 5.89. The first-order valence-electron chi connectivity index (χ1n) is 7.10. The van der Waals surface area contributed by atoms with Crippen molar-refractivity contribution in [3.63, 3.8) is 0 Å². The van der Waals surface area contributed by atoms with Gasteiger partial charge < -0.3 is 10.2 Å². The van der Waals surface area contributed by atoms with Crippen LogP contribution in [0, 0.1) is 0 Å². The molecule has 5 nitrogen and oxygen atoms in total. The fourth-order valence-electron chi connectivity index (χ4n) is 3.26. The van der Waals surface area contributed by atoms with Crippen molar-refractivity contribution in [1.29, 1.82) is 0 Å². The van der Waals surface area contributed by atoms with Crippen LogP contribution in [0.3, 0.4) is 0 Å². The van der Waals surface area contributed by atoms with Crippen LogP contribution in [-0.2, 0) is 9.59 Å². The summed E-state index contributed by atoms with van der Waals surface area (Å²) < 4.78 is 0. The summed E-state index contributed by atoms with van der Waals surface area (Å²) in [5.41, 5.74) is -0.613. The molecule has 1 aliphatic carbocycles. The normalized spacial score (nSPS) is 23.1. The number of carbonyl (C=O) groups is 2. The molecule has 1 aromatic rings. The van der Waals surface area contributed by atoms with E-state index in [9.17, 15) is 9.59 Å². The molecule has 1 saturated carbocycles. The van der Waals surface area contributed by atoms with Gasteiger partial charge in [-0.2, -0.15) is 0 Å². The smallest absolute Gasteiger partial charge is 0.248 e. The van der Waals surface area contributed by atoms with Crippen molar-refractivity contribution in [2.75, 3.05) is 13.1 Å². The maximum absolute atomic E-state index is 12.7. The molecule has 2 amide bonds. The lowest BCUT2D eigenvalue weighted by atomic mass is 9.92. The molecular formula is C14H19N3O2S. The Balaban J connectivity index is 1.75. The van der Waals surface area contributed by atoms with Crippen LogP contribution in [-0.4, -0.2) is 40.3 Å². The summed E-state index contributed by atoms with van der Waals surface area (Å²) in [6, 6.07) is 0. The van der Waals surface area contributed by atoms with Crippen LogP contribution in [0.4, 0.5) is 0 Å². The molecule has 0 bridgehead atoms. The molecule has 1 aliphatic heterocycles. The van der Waals surface area contributed by atoms with Gasteiger partial charge >= 0.3 is 0 Å². The van der Waals surface area contributed by atoms with Crippen molar-refractivity contribution in [1.82, 2.24) is 15.2 Å². The third-order valence-corrected chi connectivity index (χ3v) is 5.24. The van der Waals surface area contributed by atoms with Crippen LogP contribution in [0.2, 0.25) is 0 Å². The van der Waals surface area contributed by atoms with Gasteiger partial charge in [0.15, 0.2) is 0 Å². The second-order valence-corrected chi connectivity index (χ2v) is 6.72. The molecular weight excluding hydrogens is 274 g/mol. The van der Waals surface area contributed by atoms with Crippen molar-refractivity contribution in [2.24, 2.45) is 0 Å². The van der Waals surface area contributed by atoms with Crippen molar-refractivity contribution < 1.29 is 9.59 Å². The van der Waals surface area contributed by atoms with Gasteiger partial charge in [0.25, 0.3) is 0 Å². The highest BCUT2D eigenvalue weighted by molar-refractivity contribution is 7.09. The number of hydrogen-bond donors (Lipinski definition) is 1. The number of nitrogens with one attached hydrogen (secondary N) is 1. The molecule has 1 spiro atoms. The van der Waals surface area contributed by atoms with Crippen molar-refractivity contribution in [3.8, 4) is 0 Å². The van der Waals surface area contributed by atoms with Crippen LogP contribution >= 0.6 is 11.3 Å². The molecule has 2 aliphatic rings. The monoisotopic (exact) mass is 293 g/mol. The average Bonchev–Trinajstić information content (AvgIpc) is 3.07. The molecule has 2 heterocycles. The third kappa shape index (κ3) is 2.32. The topological polar surface area (TPSA) is 62.3 Å². The summed E-state index contributed by atoms with van der Waals surface area (Å²) in [5.74, 6) is 0.235. The van der Waals surface area contributed by atoms with Gasteiger partial charge in [-0.25, -0.2) is 4.98 Å². The lowest BCUT2D eigenvalue weighted by Crippen LogP contribution is -2.65. The molecule has 108 valence electrons. The van der Waals surface area contributed by atoms with Gasteiger partial charge in [-0.05, 0) is 12.8 Å².